The normalized spacial score (nSPS) is 15.6. The van der Waals surface area contributed by atoms with Gasteiger partial charge in [0.15, 0.2) is 0 Å². The van der Waals surface area contributed by atoms with Gasteiger partial charge < -0.3 is 15.0 Å². The average Bonchev–Trinajstić information content (AvgIpc) is 3.36. The molecule has 6 nitrogen and oxygen atoms in total. The number of carbonyl (C=O) groups is 2. The number of nitrogens with one attached hydrogen (secondary N) is 1. The van der Waals surface area contributed by atoms with Crippen LogP contribution in [-0.4, -0.2) is 37.1 Å². The predicted molar refractivity (Wildman–Crippen MR) is 116 cm³/mol. The van der Waals surface area contributed by atoms with Gasteiger partial charge in [-0.3, -0.25) is 4.79 Å². The number of carbonyl (C=O) groups excluding carboxylic acids is 2. The number of hydrogen-bond acceptors (Lipinski definition) is 6. The molecular weight excluding hydrogens is 406 g/mol. The highest BCUT2D eigenvalue weighted by Gasteiger charge is 2.27. The first kappa shape index (κ1) is 21.1. The highest BCUT2D eigenvalue weighted by Crippen LogP contribution is 2.39. The first-order chi connectivity index (χ1) is 14.0. The number of fused-ring (bicyclic) bond motifs is 1. The molecule has 0 aromatic carbocycles. The van der Waals surface area contributed by atoms with Crippen molar-refractivity contribution in [1.82, 2.24) is 4.90 Å². The summed E-state index contributed by atoms with van der Waals surface area (Å²) in [5, 5.41) is 15.0. The van der Waals surface area contributed by atoms with Gasteiger partial charge in [-0.05, 0) is 55.2 Å². The van der Waals surface area contributed by atoms with Crippen LogP contribution in [0.25, 0.3) is 6.08 Å². The summed E-state index contributed by atoms with van der Waals surface area (Å²) in [5.74, 6) is -0.0224. The number of nitriles is 1. The molecule has 1 aliphatic rings. The summed E-state index contributed by atoms with van der Waals surface area (Å²) >= 11 is 3.01. The summed E-state index contributed by atoms with van der Waals surface area (Å²) in [5.41, 5.74) is 1.58. The highest BCUT2D eigenvalue weighted by molar-refractivity contribution is 7.16. The maximum absolute atomic E-state index is 12.3. The second-order valence-electron chi connectivity index (χ2n) is 6.86. The van der Waals surface area contributed by atoms with Crippen molar-refractivity contribution in [2.24, 2.45) is 5.92 Å². The van der Waals surface area contributed by atoms with Gasteiger partial charge in [-0.25, -0.2) is 4.79 Å². The number of thiophene rings is 2. The minimum absolute atomic E-state index is 0.226. The van der Waals surface area contributed by atoms with E-state index in [1.807, 2.05) is 24.4 Å². The topological polar surface area (TPSA) is 82.4 Å². The Kier molecular flexibility index (Phi) is 7.07. The van der Waals surface area contributed by atoms with Crippen LogP contribution in [0.3, 0.4) is 0 Å². The van der Waals surface area contributed by atoms with E-state index in [9.17, 15) is 14.9 Å². The fourth-order valence-corrected chi connectivity index (χ4v) is 5.06. The molecule has 152 valence electrons. The van der Waals surface area contributed by atoms with Crippen LogP contribution in [-0.2, 0) is 22.4 Å². The highest BCUT2D eigenvalue weighted by atomic mass is 32.1. The molecule has 2 aromatic heterocycles. The van der Waals surface area contributed by atoms with Crippen molar-refractivity contribution in [1.29, 1.82) is 5.26 Å². The Hall–Kier alpha value is -2.63. The number of rotatable bonds is 6. The molecule has 0 fully saturated rings. The van der Waals surface area contributed by atoms with Crippen LogP contribution in [0.2, 0.25) is 0 Å². The van der Waals surface area contributed by atoms with E-state index in [-0.39, 0.29) is 17.9 Å². The fraction of sp³-hybridized carbons (Fsp3) is 0.381. The first-order valence-electron chi connectivity index (χ1n) is 9.46. The molecule has 0 aliphatic heterocycles. The second-order valence-corrected chi connectivity index (χ2v) is 8.94. The Morgan fingerprint density at radius 3 is 3.00 bits per heavy atom. The second kappa shape index (κ2) is 9.72. The average molecular weight is 430 g/mol. The predicted octanol–water partition coefficient (Wildman–Crippen LogP) is 4.53. The summed E-state index contributed by atoms with van der Waals surface area (Å²) in [4.78, 5) is 27.7. The third-order valence-corrected chi connectivity index (χ3v) is 6.89. The zero-order valence-corrected chi connectivity index (χ0v) is 18.1. The Balaban J connectivity index is 1.64. The SMILES string of the molecule is CCN(C)C(=O)OCC1CCc2c(sc(NC(=O)/C=C/c3cccs3)c2C#N)C1. The molecule has 2 heterocycles. The van der Waals surface area contributed by atoms with Crippen LogP contribution in [0, 0.1) is 17.2 Å². The zero-order chi connectivity index (χ0) is 20.8. The fourth-order valence-electron chi connectivity index (χ4n) is 3.13. The molecular formula is C21H23N3O3S2. The molecule has 0 radical (unpaired) electrons. The number of nitrogens with zero attached hydrogens (tertiary/aromatic N) is 2. The number of anilines is 1. The maximum atomic E-state index is 12.3. The van der Waals surface area contributed by atoms with Crippen molar-refractivity contribution in [2.45, 2.75) is 26.2 Å². The van der Waals surface area contributed by atoms with Crippen molar-refractivity contribution in [3.05, 3.63) is 44.5 Å². The van der Waals surface area contributed by atoms with Gasteiger partial charge in [0.25, 0.3) is 0 Å². The third-order valence-electron chi connectivity index (χ3n) is 4.89. The lowest BCUT2D eigenvalue weighted by molar-refractivity contribution is -0.111. The summed E-state index contributed by atoms with van der Waals surface area (Å²) in [6.07, 6.45) is 5.29. The van der Waals surface area contributed by atoms with Gasteiger partial charge in [0.05, 0.1) is 12.2 Å². The van der Waals surface area contributed by atoms with Crippen LogP contribution in [0.5, 0.6) is 0 Å². The van der Waals surface area contributed by atoms with Crippen molar-refractivity contribution in [3.63, 3.8) is 0 Å². The van der Waals surface area contributed by atoms with E-state index in [2.05, 4.69) is 11.4 Å². The van der Waals surface area contributed by atoms with Crippen LogP contribution < -0.4 is 5.32 Å². The van der Waals surface area contributed by atoms with Crippen LogP contribution in [0.1, 0.15) is 34.2 Å². The number of amides is 2. The van der Waals surface area contributed by atoms with Gasteiger partial charge in [-0.2, -0.15) is 5.26 Å². The molecule has 1 aliphatic carbocycles. The summed E-state index contributed by atoms with van der Waals surface area (Å²) in [7, 11) is 1.71. The largest absolute Gasteiger partial charge is 0.449 e. The van der Waals surface area contributed by atoms with E-state index in [1.165, 1.54) is 22.3 Å². The molecule has 0 bridgehead atoms. The van der Waals surface area contributed by atoms with E-state index in [1.54, 1.807) is 24.5 Å². The van der Waals surface area contributed by atoms with Crippen LogP contribution in [0.15, 0.2) is 23.6 Å². The molecule has 1 unspecified atom stereocenters. The standard InChI is InChI=1S/C21H23N3O3S2/c1-3-24(2)21(26)27-13-14-6-8-16-17(12-22)20(29-18(16)11-14)23-19(25)9-7-15-5-4-10-28-15/h4-5,7,9-10,14H,3,6,8,11,13H2,1-2H3,(H,23,25)/b9-7+. The molecule has 1 N–H and O–H groups in total. The minimum Gasteiger partial charge on any atom is -0.449 e. The Labute approximate surface area is 178 Å². The Morgan fingerprint density at radius 1 is 1.48 bits per heavy atom. The van der Waals surface area contributed by atoms with Crippen molar-refractivity contribution < 1.29 is 14.3 Å². The van der Waals surface area contributed by atoms with Crippen LogP contribution >= 0.6 is 22.7 Å². The summed E-state index contributed by atoms with van der Waals surface area (Å²) in [6.45, 7) is 2.87. The Bertz CT molecular complexity index is 941. The van der Waals surface area contributed by atoms with Gasteiger partial charge in [0.1, 0.15) is 11.1 Å². The zero-order valence-electron chi connectivity index (χ0n) is 16.4. The summed E-state index contributed by atoms with van der Waals surface area (Å²) in [6, 6.07) is 6.11. The minimum atomic E-state index is -0.312. The van der Waals surface area contributed by atoms with Crippen molar-refractivity contribution in [3.8, 4) is 6.07 Å². The van der Waals surface area contributed by atoms with Crippen molar-refractivity contribution in [2.75, 3.05) is 25.5 Å². The number of hydrogen-bond donors (Lipinski definition) is 1. The monoisotopic (exact) mass is 429 g/mol. The van der Waals surface area contributed by atoms with Crippen LogP contribution in [0.4, 0.5) is 9.80 Å². The molecule has 0 saturated heterocycles. The molecule has 1 atom stereocenters. The van der Waals surface area contributed by atoms with E-state index < -0.39 is 0 Å². The molecule has 0 saturated carbocycles. The molecule has 8 heteroatoms. The van der Waals surface area contributed by atoms with E-state index in [0.717, 1.165) is 34.6 Å². The van der Waals surface area contributed by atoms with Gasteiger partial charge in [0.2, 0.25) is 5.91 Å². The lowest BCUT2D eigenvalue weighted by atomic mass is 9.88. The van der Waals surface area contributed by atoms with Gasteiger partial charge >= 0.3 is 6.09 Å². The molecule has 2 amide bonds. The van der Waals surface area contributed by atoms with E-state index in [0.29, 0.717) is 23.7 Å². The maximum Gasteiger partial charge on any atom is 0.409 e. The summed E-state index contributed by atoms with van der Waals surface area (Å²) < 4.78 is 5.39. The van der Waals surface area contributed by atoms with Crippen molar-refractivity contribution >= 4 is 45.8 Å². The van der Waals surface area contributed by atoms with Gasteiger partial charge in [0, 0.05) is 29.4 Å². The van der Waals surface area contributed by atoms with Gasteiger partial charge in [-0.1, -0.05) is 6.07 Å². The number of ether oxygens (including phenoxy) is 1. The third kappa shape index (κ3) is 5.25. The lowest BCUT2D eigenvalue weighted by Crippen LogP contribution is -2.29. The van der Waals surface area contributed by atoms with Gasteiger partial charge in [-0.15, -0.1) is 22.7 Å². The smallest absolute Gasteiger partial charge is 0.409 e. The molecule has 3 rings (SSSR count). The van der Waals surface area contributed by atoms with E-state index >= 15 is 0 Å². The molecule has 2 aromatic rings. The first-order valence-corrected chi connectivity index (χ1v) is 11.2. The van der Waals surface area contributed by atoms with E-state index in [4.69, 9.17) is 4.74 Å². The molecule has 0 spiro atoms. The Morgan fingerprint density at radius 2 is 2.31 bits per heavy atom. The quantitative estimate of drug-likeness (QED) is 0.684. The lowest BCUT2D eigenvalue weighted by Gasteiger charge is -2.23. The molecule has 29 heavy (non-hydrogen) atoms.